The Morgan fingerprint density at radius 2 is 1.65 bits per heavy atom. The fourth-order valence-electron chi connectivity index (χ4n) is 14.2. The Kier molecular flexibility index (Phi) is 8.30. The van der Waals surface area contributed by atoms with Gasteiger partial charge in [0.2, 0.25) is 0 Å². The van der Waals surface area contributed by atoms with Crippen LogP contribution in [0.25, 0.3) is 5.69 Å². The topological polar surface area (TPSA) is 107 Å². The van der Waals surface area contributed by atoms with Crippen LogP contribution >= 0.6 is 0 Å². The van der Waals surface area contributed by atoms with Crippen molar-refractivity contribution < 1.29 is 14.6 Å². The number of allylic oxidation sites excluding steroid dienone is 2. The fourth-order valence-corrected chi connectivity index (χ4v) is 14.2. The van der Waals surface area contributed by atoms with Crippen molar-refractivity contribution >= 4 is 6.09 Å². The zero-order chi connectivity index (χ0) is 37.0. The molecule has 5 fully saturated rings. The van der Waals surface area contributed by atoms with Crippen LogP contribution in [-0.2, 0) is 11.3 Å². The molecular weight excluding hydrogens is 652 g/mol. The molecule has 11 atom stereocenters. The van der Waals surface area contributed by atoms with Crippen LogP contribution in [0.4, 0.5) is 4.79 Å². The van der Waals surface area contributed by atoms with E-state index in [0.29, 0.717) is 41.9 Å². The second-order valence-electron chi connectivity index (χ2n) is 19.1. The largest absolute Gasteiger partial charge is 0.446 e. The van der Waals surface area contributed by atoms with E-state index in [1.165, 1.54) is 47.0 Å². The zero-order valence-corrected chi connectivity index (χ0v) is 32.2. The Bertz CT molecular complexity index is 1910. The van der Waals surface area contributed by atoms with Gasteiger partial charge >= 0.3 is 17.5 Å². The molecule has 282 valence electrons. The van der Waals surface area contributed by atoms with Crippen LogP contribution in [0.1, 0.15) is 112 Å². The third-order valence-electron chi connectivity index (χ3n) is 16.9. The molecule has 2 heterocycles. The van der Waals surface area contributed by atoms with Gasteiger partial charge in [-0.15, -0.1) is 0 Å². The minimum absolute atomic E-state index is 0.0562. The van der Waals surface area contributed by atoms with E-state index in [9.17, 15) is 19.5 Å². The minimum Gasteiger partial charge on any atom is -0.446 e. The van der Waals surface area contributed by atoms with Crippen LogP contribution < -0.4 is 16.7 Å². The van der Waals surface area contributed by atoms with Crippen LogP contribution in [0.2, 0.25) is 0 Å². The van der Waals surface area contributed by atoms with Crippen molar-refractivity contribution in [1.82, 2.24) is 19.2 Å². The summed E-state index contributed by atoms with van der Waals surface area (Å²) >= 11 is 0. The van der Waals surface area contributed by atoms with Crippen LogP contribution in [0.5, 0.6) is 0 Å². The van der Waals surface area contributed by atoms with Crippen molar-refractivity contribution in [2.24, 2.45) is 56.7 Å². The number of alkyl carbamates (subject to hydrolysis) is 1. The van der Waals surface area contributed by atoms with E-state index < -0.39 is 23.6 Å². The molecule has 5 aliphatic carbocycles. The number of aliphatic hydroxyl groups is 1. The SMILES string of the molecule is C=C(C)C1CC[C@]2(CO)CC[C@]3(C)C(CCC4[C@@]5(C)CC[C@H](OC(=O)NC6C=CCn7c(=O)n(-c8ccccc8)c(=O)n76)C(C)(C)C5CC[C@]43C)C12. The molecule has 1 aromatic carbocycles. The maximum absolute atomic E-state index is 13.7. The first-order valence-electron chi connectivity index (χ1n) is 20.0. The summed E-state index contributed by atoms with van der Waals surface area (Å²) in [5.41, 5.74) is 1.22. The maximum Gasteiger partial charge on any atom is 0.409 e. The van der Waals surface area contributed by atoms with Gasteiger partial charge in [0, 0.05) is 12.0 Å². The maximum atomic E-state index is 13.7. The molecule has 8 rings (SSSR count). The number of para-hydroxylation sites is 1. The number of carbonyl (C=O) groups excluding carboxylic acids is 1. The van der Waals surface area contributed by atoms with E-state index in [2.05, 4.69) is 53.4 Å². The normalized spacial score (nSPS) is 41.5. The van der Waals surface area contributed by atoms with Gasteiger partial charge in [0.15, 0.2) is 0 Å². The van der Waals surface area contributed by atoms with Gasteiger partial charge in [0.05, 0.1) is 12.2 Å². The summed E-state index contributed by atoms with van der Waals surface area (Å²) in [4.78, 5) is 40.5. The molecule has 6 unspecified atom stereocenters. The highest BCUT2D eigenvalue weighted by Gasteiger charge is 2.71. The lowest BCUT2D eigenvalue weighted by Gasteiger charge is -2.73. The molecule has 0 spiro atoms. The lowest BCUT2D eigenvalue weighted by atomic mass is 9.32. The van der Waals surface area contributed by atoms with Gasteiger partial charge in [-0.1, -0.05) is 71.0 Å². The molecule has 0 radical (unpaired) electrons. The first-order valence-corrected chi connectivity index (χ1v) is 20.0. The molecule has 2 aromatic rings. The summed E-state index contributed by atoms with van der Waals surface area (Å²) in [6.45, 7) is 19.7. The Morgan fingerprint density at radius 1 is 0.904 bits per heavy atom. The predicted octanol–water partition coefficient (Wildman–Crippen LogP) is 7.61. The first kappa shape index (κ1) is 35.7. The lowest BCUT2D eigenvalue weighted by Crippen LogP contribution is -2.67. The highest BCUT2D eigenvalue weighted by atomic mass is 16.6. The van der Waals surface area contributed by atoms with Gasteiger partial charge < -0.3 is 9.84 Å². The number of ether oxygens (including phenoxy) is 1. The second kappa shape index (κ2) is 12.1. The molecule has 9 nitrogen and oxygen atoms in total. The zero-order valence-electron chi connectivity index (χ0n) is 32.2. The van der Waals surface area contributed by atoms with Crippen LogP contribution in [0, 0.1) is 56.7 Å². The molecule has 2 N–H and O–H groups in total. The number of aromatic nitrogens is 3. The molecule has 6 aliphatic rings. The van der Waals surface area contributed by atoms with E-state index in [1.54, 1.807) is 36.4 Å². The van der Waals surface area contributed by atoms with E-state index in [0.717, 1.165) is 36.7 Å². The number of nitrogens with one attached hydrogen (secondary N) is 1. The summed E-state index contributed by atoms with van der Waals surface area (Å²) < 4.78 is 10.2. The molecule has 52 heavy (non-hydrogen) atoms. The molecule has 1 amide bonds. The summed E-state index contributed by atoms with van der Waals surface area (Å²) in [6, 6.07) is 8.86. The highest BCUT2D eigenvalue weighted by molar-refractivity contribution is 5.68. The average Bonchev–Trinajstić information content (AvgIpc) is 3.62. The van der Waals surface area contributed by atoms with Gasteiger partial charge in [-0.05, 0) is 141 Å². The number of nitrogens with zero attached hydrogens (tertiary/aromatic N) is 3. The fraction of sp³-hybridized carbons (Fsp3) is 0.698. The Morgan fingerprint density at radius 3 is 2.37 bits per heavy atom. The molecule has 1 aromatic heterocycles. The number of hydrogen-bond donors (Lipinski definition) is 2. The summed E-state index contributed by atoms with van der Waals surface area (Å²) in [7, 11) is 0. The van der Waals surface area contributed by atoms with Gasteiger partial charge in [-0.2, -0.15) is 0 Å². The molecule has 9 heteroatoms. The summed E-state index contributed by atoms with van der Waals surface area (Å²) in [6.07, 6.45) is 13.1. The number of benzene rings is 1. The second-order valence-corrected chi connectivity index (χ2v) is 19.1. The number of carbonyl (C=O) groups is 1. The van der Waals surface area contributed by atoms with E-state index >= 15 is 0 Å². The van der Waals surface area contributed by atoms with Gasteiger partial charge in [0.25, 0.3) is 0 Å². The van der Waals surface area contributed by atoms with Crippen molar-refractivity contribution in [3.8, 4) is 5.69 Å². The van der Waals surface area contributed by atoms with E-state index in [4.69, 9.17) is 4.74 Å². The van der Waals surface area contributed by atoms with Crippen LogP contribution in [-0.4, -0.2) is 37.8 Å². The Hall–Kier alpha value is -3.33. The van der Waals surface area contributed by atoms with Crippen LogP contribution in [0.3, 0.4) is 0 Å². The standard InChI is InChI=1S/C43H60N4O5/c1-27(2)29-17-22-43(26-48)24-23-41(6)30(35(29)43)15-16-32-40(5)20-19-33(39(3,4)31(40)18-21-42(32,41)7)52-36(49)44-34-14-11-25-45-37(50)46(38(51)47(34)45)28-12-9-8-10-13-28/h8-14,29-35,48H,1,15-26H2,2-7H3,(H,44,49)/t29?,30?,31?,32?,33-,34?,35?,40-,41+,42+,43+/m0/s1. The minimum atomic E-state index is -0.834. The lowest BCUT2D eigenvalue weighted by molar-refractivity contribution is -0.249. The van der Waals surface area contributed by atoms with Crippen molar-refractivity contribution in [2.75, 3.05) is 6.61 Å². The Labute approximate surface area is 308 Å². The van der Waals surface area contributed by atoms with E-state index in [-0.39, 0.29) is 39.7 Å². The quantitative estimate of drug-likeness (QED) is 0.311. The summed E-state index contributed by atoms with van der Waals surface area (Å²) in [5.74, 6) is 2.64. The molecule has 5 saturated carbocycles. The predicted molar refractivity (Wildman–Crippen MR) is 202 cm³/mol. The monoisotopic (exact) mass is 712 g/mol. The number of rotatable bonds is 5. The molecule has 0 bridgehead atoms. The third kappa shape index (κ3) is 4.78. The summed E-state index contributed by atoms with van der Waals surface area (Å²) in [5, 5.41) is 13.8. The highest BCUT2D eigenvalue weighted by Crippen LogP contribution is 2.77. The number of aliphatic hydroxyl groups excluding tert-OH is 1. The van der Waals surface area contributed by atoms with Crippen molar-refractivity contribution in [2.45, 2.75) is 125 Å². The smallest absolute Gasteiger partial charge is 0.409 e. The molecule has 1 aliphatic heterocycles. The molecular formula is C43H60N4O5. The van der Waals surface area contributed by atoms with Crippen molar-refractivity contribution in [3.05, 3.63) is 75.6 Å². The van der Waals surface area contributed by atoms with Gasteiger partial charge in [-0.3, -0.25) is 5.32 Å². The van der Waals surface area contributed by atoms with Crippen molar-refractivity contribution in [1.29, 1.82) is 0 Å². The molecule has 0 saturated heterocycles. The van der Waals surface area contributed by atoms with E-state index in [1.807, 2.05) is 6.07 Å². The van der Waals surface area contributed by atoms with Gasteiger partial charge in [0.1, 0.15) is 12.3 Å². The Balaban J connectivity index is 1.01. The number of amides is 1. The average molecular weight is 713 g/mol. The number of hydrogen-bond acceptors (Lipinski definition) is 5. The van der Waals surface area contributed by atoms with Crippen LogP contribution in [0.15, 0.2) is 64.2 Å². The first-order chi connectivity index (χ1) is 24.6. The third-order valence-corrected chi connectivity index (χ3v) is 16.9. The number of fused-ring (bicyclic) bond motifs is 8. The van der Waals surface area contributed by atoms with Crippen molar-refractivity contribution in [3.63, 3.8) is 0 Å². The van der Waals surface area contributed by atoms with Gasteiger partial charge in [-0.25, -0.2) is 28.3 Å².